The topological polar surface area (TPSA) is 28.2 Å². The number of nitrogens with zero attached hydrogens (tertiary/aromatic N) is 2. The van der Waals surface area contributed by atoms with E-state index in [1.165, 1.54) is 5.56 Å². The summed E-state index contributed by atoms with van der Waals surface area (Å²) < 4.78 is 0. The fourth-order valence-electron chi connectivity index (χ4n) is 1.93. The van der Waals surface area contributed by atoms with Crippen LogP contribution in [0.25, 0.3) is 0 Å². The molecular weight excluding hydrogens is 210 g/mol. The second-order valence-corrected chi connectivity index (χ2v) is 5.03. The Labute approximate surface area is 105 Å². The molecule has 1 N–H and O–H groups in total. The minimum absolute atomic E-state index is 0.652. The van der Waals surface area contributed by atoms with E-state index in [0.717, 1.165) is 31.1 Å². The number of anilines is 1. The van der Waals surface area contributed by atoms with Crippen molar-refractivity contribution in [3.8, 4) is 0 Å². The van der Waals surface area contributed by atoms with Crippen LogP contribution < -0.4 is 10.2 Å². The molecule has 0 saturated carbocycles. The van der Waals surface area contributed by atoms with E-state index in [0.29, 0.717) is 5.92 Å². The third kappa shape index (κ3) is 4.73. The van der Waals surface area contributed by atoms with Gasteiger partial charge in [0.15, 0.2) is 0 Å². The number of hydrogen-bond acceptors (Lipinski definition) is 3. The molecule has 0 saturated heterocycles. The quantitative estimate of drug-likeness (QED) is 0.821. The molecule has 1 rings (SSSR count). The van der Waals surface area contributed by atoms with Crippen LogP contribution in [0.4, 0.5) is 5.82 Å². The van der Waals surface area contributed by atoms with Gasteiger partial charge in [-0.2, -0.15) is 0 Å². The maximum Gasteiger partial charge on any atom is 0.128 e. The van der Waals surface area contributed by atoms with Crippen LogP contribution in [0.1, 0.15) is 32.0 Å². The Kier molecular flexibility index (Phi) is 5.42. The summed E-state index contributed by atoms with van der Waals surface area (Å²) in [4.78, 5) is 6.82. The lowest BCUT2D eigenvalue weighted by Crippen LogP contribution is -2.24. The van der Waals surface area contributed by atoms with Gasteiger partial charge >= 0.3 is 0 Å². The third-order valence-corrected chi connectivity index (χ3v) is 2.61. The summed E-state index contributed by atoms with van der Waals surface area (Å²) in [6, 6.07) is 4.33. The summed E-state index contributed by atoms with van der Waals surface area (Å²) in [6.07, 6.45) is 0. The first-order chi connectivity index (χ1) is 8.02. The van der Waals surface area contributed by atoms with Gasteiger partial charge in [-0.3, -0.25) is 0 Å². The summed E-state index contributed by atoms with van der Waals surface area (Å²) in [7, 11) is 2.11. The SMILES string of the molecule is CCNCc1cc(C)nc(N(C)CC(C)C)c1. The van der Waals surface area contributed by atoms with E-state index in [1.54, 1.807) is 0 Å². The molecule has 0 spiro atoms. The predicted molar refractivity (Wildman–Crippen MR) is 74.5 cm³/mol. The fraction of sp³-hybridized carbons (Fsp3) is 0.643. The minimum Gasteiger partial charge on any atom is -0.359 e. The Bertz CT molecular complexity index is 347. The molecule has 1 heterocycles. The maximum atomic E-state index is 4.59. The highest BCUT2D eigenvalue weighted by molar-refractivity contribution is 5.41. The number of aryl methyl sites for hydroxylation is 1. The maximum absolute atomic E-state index is 4.59. The van der Waals surface area contributed by atoms with Crippen molar-refractivity contribution >= 4 is 5.82 Å². The third-order valence-electron chi connectivity index (χ3n) is 2.61. The first-order valence-electron chi connectivity index (χ1n) is 6.42. The molecule has 17 heavy (non-hydrogen) atoms. The first kappa shape index (κ1) is 14.0. The van der Waals surface area contributed by atoms with Gasteiger partial charge in [-0.1, -0.05) is 20.8 Å². The van der Waals surface area contributed by atoms with E-state index in [1.807, 2.05) is 0 Å². The summed E-state index contributed by atoms with van der Waals surface area (Å²) in [5, 5.41) is 3.35. The fourth-order valence-corrected chi connectivity index (χ4v) is 1.93. The molecular formula is C14H25N3. The molecule has 3 nitrogen and oxygen atoms in total. The molecule has 0 unspecified atom stereocenters. The van der Waals surface area contributed by atoms with E-state index < -0.39 is 0 Å². The number of hydrogen-bond donors (Lipinski definition) is 1. The van der Waals surface area contributed by atoms with Gasteiger partial charge in [-0.05, 0) is 37.1 Å². The summed E-state index contributed by atoms with van der Waals surface area (Å²) in [5.74, 6) is 1.73. The molecule has 0 amide bonds. The van der Waals surface area contributed by atoms with Crippen molar-refractivity contribution in [2.24, 2.45) is 5.92 Å². The van der Waals surface area contributed by atoms with Crippen molar-refractivity contribution in [3.63, 3.8) is 0 Å². The van der Waals surface area contributed by atoms with E-state index in [9.17, 15) is 0 Å². The molecule has 0 aliphatic carbocycles. The molecule has 0 radical (unpaired) electrons. The molecule has 3 heteroatoms. The van der Waals surface area contributed by atoms with E-state index in [2.05, 4.69) is 62.1 Å². The molecule has 0 fully saturated rings. The standard InChI is InChI=1S/C14H25N3/c1-6-15-9-13-7-12(4)16-14(8-13)17(5)10-11(2)3/h7-8,11,15H,6,9-10H2,1-5H3. The molecule has 0 aromatic carbocycles. The van der Waals surface area contributed by atoms with Gasteiger partial charge in [0.1, 0.15) is 5.82 Å². The average Bonchev–Trinajstić information content (AvgIpc) is 2.24. The van der Waals surface area contributed by atoms with E-state index in [4.69, 9.17) is 0 Å². The van der Waals surface area contributed by atoms with Gasteiger partial charge in [0.2, 0.25) is 0 Å². The van der Waals surface area contributed by atoms with Crippen molar-refractivity contribution in [2.45, 2.75) is 34.2 Å². The van der Waals surface area contributed by atoms with Crippen LogP contribution in [0.3, 0.4) is 0 Å². The van der Waals surface area contributed by atoms with Crippen molar-refractivity contribution in [2.75, 3.05) is 25.0 Å². The second-order valence-electron chi connectivity index (χ2n) is 5.03. The Balaban J connectivity index is 2.80. The molecule has 96 valence electrons. The van der Waals surface area contributed by atoms with Crippen LogP contribution in [0.15, 0.2) is 12.1 Å². The van der Waals surface area contributed by atoms with Crippen LogP contribution in [0.2, 0.25) is 0 Å². The van der Waals surface area contributed by atoms with Crippen LogP contribution in [0.5, 0.6) is 0 Å². The normalized spacial score (nSPS) is 10.9. The largest absolute Gasteiger partial charge is 0.359 e. The highest BCUT2D eigenvalue weighted by Gasteiger charge is 2.06. The number of aromatic nitrogens is 1. The zero-order chi connectivity index (χ0) is 12.8. The van der Waals surface area contributed by atoms with Crippen LogP contribution in [-0.4, -0.2) is 25.1 Å². The molecule has 0 aliphatic heterocycles. The van der Waals surface area contributed by atoms with Gasteiger partial charge in [-0.15, -0.1) is 0 Å². The van der Waals surface area contributed by atoms with Gasteiger partial charge in [0.05, 0.1) is 0 Å². The van der Waals surface area contributed by atoms with Crippen LogP contribution in [0, 0.1) is 12.8 Å². The van der Waals surface area contributed by atoms with E-state index >= 15 is 0 Å². The van der Waals surface area contributed by atoms with Gasteiger partial charge in [-0.25, -0.2) is 4.98 Å². The Morgan fingerprint density at radius 2 is 2.06 bits per heavy atom. The van der Waals surface area contributed by atoms with Crippen molar-refractivity contribution in [1.82, 2.24) is 10.3 Å². The number of nitrogens with one attached hydrogen (secondary N) is 1. The van der Waals surface area contributed by atoms with Crippen molar-refractivity contribution < 1.29 is 0 Å². The Morgan fingerprint density at radius 3 is 2.65 bits per heavy atom. The Hall–Kier alpha value is -1.09. The Morgan fingerprint density at radius 1 is 1.35 bits per heavy atom. The van der Waals surface area contributed by atoms with Gasteiger partial charge in [0.25, 0.3) is 0 Å². The summed E-state index contributed by atoms with van der Waals surface area (Å²) in [6.45, 7) is 11.6. The molecule has 0 aliphatic rings. The number of rotatable bonds is 6. The first-order valence-corrected chi connectivity index (χ1v) is 6.42. The predicted octanol–water partition coefficient (Wildman–Crippen LogP) is 2.59. The molecule has 1 aromatic heterocycles. The van der Waals surface area contributed by atoms with Crippen LogP contribution in [-0.2, 0) is 6.54 Å². The smallest absolute Gasteiger partial charge is 0.128 e. The number of pyridine rings is 1. The monoisotopic (exact) mass is 235 g/mol. The van der Waals surface area contributed by atoms with E-state index in [-0.39, 0.29) is 0 Å². The lowest BCUT2D eigenvalue weighted by atomic mass is 10.2. The molecule has 0 atom stereocenters. The zero-order valence-electron chi connectivity index (χ0n) is 11.7. The average molecular weight is 235 g/mol. The second kappa shape index (κ2) is 6.60. The zero-order valence-corrected chi connectivity index (χ0v) is 11.7. The highest BCUT2D eigenvalue weighted by Crippen LogP contribution is 2.15. The van der Waals surface area contributed by atoms with Crippen LogP contribution >= 0.6 is 0 Å². The minimum atomic E-state index is 0.652. The van der Waals surface area contributed by atoms with Crippen molar-refractivity contribution in [3.05, 3.63) is 23.4 Å². The van der Waals surface area contributed by atoms with Gasteiger partial charge in [0, 0.05) is 25.8 Å². The lowest BCUT2D eigenvalue weighted by molar-refractivity contribution is 0.633. The summed E-state index contributed by atoms with van der Waals surface area (Å²) in [5.41, 5.74) is 2.40. The molecule has 0 bridgehead atoms. The lowest BCUT2D eigenvalue weighted by Gasteiger charge is -2.21. The van der Waals surface area contributed by atoms with Gasteiger partial charge < -0.3 is 10.2 Å². The summed E-state index contributed by atoms with van der Waals surface area (Å²) >= 11 is 0. The highest BCUT2D eigenvalue weighted by atomic mass is 15.2. The molecule has 1 aromatic rings. The van der Waals surface area contributed by atoms with Crippen molar-refractivity contribution in [1.29, 1.82) is 0 Å².